The van der Waals surface area contributed by atoms with E-state index in [9.17, 15) is 4.39 Å². The molecule has 0 amide bonds. The van der Waals surface area contributed by atoms with E-state index in [4.69, 9.17) is 28.9 Å². The lowest BCUT2D eigenvalue weighted by atomic mass is 10.0. The van der Waals surface area contributed by atoms with Gasteiger partial charge in [-0.15, -0.1) is 11.3 Å². The number of thiophene rings is 1. The number of nitrogens with zero attached hydrogens (tertiary/aromatic N) is 3. The monoisotopic (exact) mass is 425 g/mol. The number of aromatic nitrogens is 3. The van der Waals surface area contributed by atoms with E-state index >= 15 is 0 Å². The van der Waals surface area contributed by atoms with Crippen molar-refractivity contribution in [3.05, 3.63) is 57.7 Å². The van der Waals surface area contributed by atoms with Crippen LogP contribution in [0.4, 0.5) is 10.2 Å². The average Bonchev–Trinajstić information content (AvgIpc) is 3.03. The van der Waals surface area contributed by atoms with Crippen LogP contribution in [0.3, 0.4) is 0 Å². The van der Waals surface area contributed by atoms with Gasteiger partial charge >= 0.3 is 0 Å². The molecule has 3 aromatic rings. The van der Waals surface area contributed by atoms with Crippen molar-refractivity contribution in [3.63, 3.8) is 0 Å². The molecule has 0 fully saturated rings. The van der Waals surface area contributed by atoms with Gasteiger partial charge < -0.3 is 11.1 Å². The maximum Gasteiger partial charge on any atom is 0.225 e. The number of rotatable bonds is 3. The molecule has 0 aliphatic heterocycles. The van der Waals surface area contributed by atoms with Crippen LogP contribution in [0.15, 0.2) is 36.0 Å². The van der Waals surface area contributed by atoms with E-state index in [0.717, 1.165) is 11.1 Å². The maximum absolute atomic E-state index is 13.5. The molecule has 0 saturated carbocycles. The quantitative estimate of drug-likeness (QED) is 0.445. The molecule has 4 rings (SSSR count). The Labute approximate surface area is 170 Å². The van der Waals surface area contributed by atoms with Gasteiger partial charge in [-0.05, 0) is 36.9 Å². The van der Waals surface area contributed by atoms with Crippen molar-refractivity contribution < 1.29 is 4.39 Å². The fourth-order valence-corrected chi connectivity index (χ4v) is 3.85. The summed E-state index contributed by atoms with van der Waals surface area (Å²) in [5, 5.41) is 5.42. The average molecular weight is 426 g/mol. The number of nitrogens with two attached hydrogens (primary N) is 1. The van der Waals surface area contributed by atoms with Gasteiger partial charge in [0, 0.05) is 29.7 Å². The standard InChI is InChI=1S/C12H7Cl2FN4S.C6H11N/c13-7-5-20-10-9(7)18-12(14)19-11(10)17-3-6-1-2-16-4-8(6)15;7-6-4-2-1-3-5-6/h1-2,4-5H,3H2,(H,17,18,19);1-2,6H,3-5,7H2. The summed E-state index contributed by atoms with van der Waals surface area (Å²) in [5.74, 6) is 0.161. The highest BCUT2D eigenvalue weighted by atomic mass is 35.5. The molecule has 1 unspecified atom stereocenters. The molecular formula is C18H18Cl2FN5S. The normalized spacial score (nSPS) is 16.1. The number of hydrogen-bond donors (Lipinski definition) is 2. The van der Waals surface area contributed by atoms with Crippen LogP contribution >= 0.6 is 34.5 Å². The summed E-state index contributed by atoms with van der Waals surface area (Å²) >= 11 is 13.3. The van der Waals surface area contributed by atoms with Crippen molar-refractivity contribution in [2.45, 2.75) is 31.8 Å². The number of hydrogen-bond acceptors (Lipinski definition) is 6. The molecule has 0 bridgehead atoms. The van der Waals surface area contributed by atoms with Crippen LogP contribution in [0.2, 0.25) is 10.3 Å². The zero-order chi connectivity index (χ0) is 19.2. The van der Waals surface area contributed by atoms with E-state index in [0.29, 0.717) is 28.0 Å². The summed E-state index contributed by atoms with van der Waals surface area (Å²) in [7, 11) is 0. The molecule has 1 atom stereocenters. The van der Waals surface area contributed by atoms with Crippen LogP contribution in [0, 0.1) is 5.82 Å². The Balaban J connectivity index is 0.000000253. The molecule has 5 nitrogen and oxygen atoms in total. The molecule has 1 aliphatic carbocycles. The van der Waals surface area contributed by atoms with Gasteiger partial charge in [0.25, 0.3) is 0 Å². The number of fused-ring (bicyclic) bond motifs is 1. The Kier molecular flexibility index (Phi) is 6.95. The van der Waals surface area contributed by atoms with Crippen molar-refractivity contribution in [1.29, 1.82) is 0 Å². The SMILES string of the molecule is Fc1cnccc1CNc1nc(Cl)nc2c(Cl)csc12.NC1CC=CCC1. The highest BCUT2D eigenvalue weighted by Gasteiger charge is 2.12. The van der Waals surface area contributed by atoms with Crippen molar-refractivity contribution in [3.8, 4) is 0 Å². The Hall–Kier alpha value is -1.80. The molecule has 3 N–H and O–H groups in total. The Morgan fingerprint density at radius 1 is 1.30 bits per heavy atom. The first kappa shape index (κ1) is 19.9. The van der Waals surface area contributed by atoms with Crippen LogP contribution in [-0.2, 0) is 6.54 Å². The third kappa shape index (κ3) is 5.35. The number of allylic oxidation sites excluding steroid dienone is 1. The van der Waals surface area contributed by atoms with Gasteiger partial charge in [0.05, 0.1) is 15.9 Å². The first-order valence-corrected chi connectivity index (χ1v) is 10.0. The third-order valence-electron chi connectivity index (χ3n) is 3.96. The van der Waals surface area contributed by atoms with Gasteiger partial charge in [-0.2, -0.15) is 4.98 Å². The molecule has 0 aromatic carbocycles. The highest BCUT2D eigenvalue weighted by Crippen LogP contribution is 2.33. The molecule has 0 spiro atoms. The van der Waals surface area contributed by atoms with Crippen LogP contribution in [-0.4, -0.2) is 21.0 Å². The molecule has 1 aliphatic rings. The van der Waals surface area contributed by atoms with Crippen LogP contribution in [0.1, 0.15) is 24.8 Å². The maximum atomic E-state index is 13.5. The largest absolute Gasteiger partial charge is 0.365 e. The first-order valence-electron chi connectivity index (χ1n) is 8.37. The second-order valence-corrected chi connectivity index (χ2v) is 7.59. The lowest BCUT2D eigenvalue weighted by Crippen LogP contribution is -2.19. The van der Waals surface area contributed by atoms with Crippen molar-refractivity contribution in [1.82, 2.24) is 15.0 Å². The molecular weight excluding hydrogens is 408 g/mol. The minimum absolute atomic E-state index is 0.0931. The van der Waals surface area contributed by atoms with Gasteiger partial charge in [-0.1, -0.05) is 23.8 Å². The molecule has 27 heavy (non-hydrogen) atoms. The van der Waals surface area contributed by atoms with Crippen molar-refractivity contribution in [2.24, 2.45) is 5.73 Å². The highest BCUT2D eigenvalue weighted by molar-refractivity contribution is 7.18. The fraction of sp³-hybridized carbons (Fsp3) is 0.278. The minimum atomic E-state index is -0.374. The van der Waals surface area contributed by atoms with E-state index in [1.165, 1.54) is 36.6 Å². The van der Waals surface area contributed by atoms with Crippen LogP contribution in [0.5, 0.6) is 0 Å². The Morgan fingerprint density at radius 3 is 2.81 bits per heavy atom. The van der Waals surface area contributed by atoms with E-state index in [1.54, 1.807) is 11.4 Å². The summed E-state index contributed by atoms with van der Waals surface area (Å²) in [6, 6.07) is 2.05. The summed E-state index contributed by atoms with van der Waals surface area (Å²) in [6.07, 6.45) is 10.5. The van der Waals surface area contributed by atoms with Crippen LogP contribution in [0.25, 0.3) is 10.2 Å². The summed E-state index contributed by atoms with van der Waals surface area (Å²) in [5.41, 5.74) is 6.67. The van der Waals surface area contributed by atoms with Gasteiger partial charge in [0.15, 0.2) is 0 Å². The summed E-state index contributed by atoms with van der Waals surface area (Å²) < 4.78 is 14.3. The van der Waals surface area contributed by atoms with E-state index in [2.05, 4.69) is 32.4 Å². The lowest BCUT2D eigenvalue weighted by Gasteiger charge is -2.09. The molecule has 142 valence electrons. The fourth-order valence-electron chi connectivity index (χ4n) is 2.53. The predicted octanol–water partition coefficient (Wildman–Crippen LogP) is 5.20. The third-order valence-corrected chi connectivity index (χ3v) is 5.52. The van der Waals surface area contributed by atoms with Crippen molar-refractivity contribution in [2.75, 3.05) is 5.32 Å². The number of nitrogens with one attached hydrogen (secondary N) is 1. The number of pyridine rings is 1. The lowest BCUT2D eigenvalue weighted by molar-refractivity contribution is 0.606. The van der Waals surface area contributed by atoms with Gasteiger partial charge in [-0.25, -0.2) is 9.37 Å². The van der Waals surface area contributed by atoms with Gasteiger partial charge in [0.2, 0.25) is 5.28 Å². The molecule has 3 aromatic heterocycles. The van der Waals surface area contributed by atoms with E-state index in [1.807, 2.05) is 0 Å². The van der Waals surface area contributed by atoms with Gasteiger partial charge in [-0.3, -0.25) is 4.98 Å². The smallest absolute Gasteiger partial charge is 0.225 e. The Morgan fingerprint density at radius 2 is 2.15 bits per heavy atom. The minimum Gasteiger partial charge on any atom is -0.365 e. The topological polar surface area (TPSA) is 76.7 Å². The van der Waals surface area contributed by atoms with Gasteiger partial charge in [0.1, 0.15) is 17.2 Å². The second-order valence-electron chi connectivity index (χ2n) is 5.97. The molecule has 0 radical (unpaired) electrons. The number of anilines is 1. The predicted molar refractivity (Wildman–Crippen MR) is 110 cm³/mol. The second kappa shape index (κ2) is 9.41. The van der Waals surface area contributed by atoms with Crippen LogP contribution < -0.4 is 11.1 Å². The van der Waals surface area contributed by atoms with E-state index < -0.39 is 0 Å². The van der Waals surface area contributed by atoms with E-state index in [-0.39, 0.29) is 17.6 Å². The number of halogens is 3. The molecule has 3 heterocycles. The zero-order valence-corrected chi connectivity index (χ0v) is 16.7. The zero-order valence-electron chi connectivity index (χ0n) is 14.3. The Bertz CT molecular complexity index is 947. The molecule has 9 heteroatoms. The summed E-state index contributed by atoms with van der Waals surface area (Å²) in [6.45, 7) is 0.270. The molecule has 0 saturated heterocycles. The summed E-state index contributed by atoms with van der Waals surface area (Å²) in [4.78, 5) is 11.9. The van der Waals surface area contributed by atoms with Crippen molar-refractivity contribution >= 4 is 50.6 Å². The first-order chi connectivity index (χ1) is 13.0.